The van der Waals surface area contributed by atoms with Gasteiger partial charge in [0.05, 0.1) is 0 Å². The van der Waals surface area contributed by atoms with Gasteiger partial charge in [-0.1, -0.05) is 24.3 Å². The van der Waals surface area contributed by atoms with Crippen LogP contribution in [0.3, 0.4) is 0 Å². The number of carbonyl (C=O) groups is 1. The summed E-state index contributed by atoms with van der Waals surface area (Å²) in [4.78, 5) is 11.7. The lowest BCUT2D eigenvalue weighted by Gasteiger charge is -2.09. The summed E-state index contributed by atoms with van der Waals surface area (Å²) in [5, 5.41) is -0.924. The van der Waals surface area contributed by atoms with Crippen LogP contribution in [-0.2, 0) is 21.1 Å². The fraction of sp³-hybridized carbons (Fsp3) is 0.417. The van der Waals surface area contributed by atoms with E-state index in [1.54, 1.807) is 0 Å². The van der Waals surface area contributed by atoms with Crippen LogP contribution in [0.1, 0.15) is 18.1 Å². The van der Waals surface area contributed by atoms with Crippen LogP contribution in [0.25, 0.3) is 0 Å². The largest absolute Gasteiger partial charge is 0.298 e. The van der Waals surface area contributed by atoms with E-state index in [4.69, 9.17) is 0 Å². The number of aryl methyl sites for hydroxylation is 1. The first-order valence-electron chi connectivity index (χ1n) is 5.08. The molecule has 1 rings (SSSR count). The van der Waals surface area contributed by atoms with Gasteiger partial charge in [-0.25, -0.2) is 8.42 Å². The first kappa shape index (κ1) is 12.9. The highest BCUT2D eigenvalue weighted by molar-refractivity contribution is 7.92. The van der Waals surface area contributed by atoms with Crippen molar-refractivity contribution in [3.63, 3.8) is 0 Å². The van der Waals surface area contributed by atoms with Gasteiger partial charge < -0.3 is 0 Å². The zero-order chi connectivity index (χ0) is 12.3. The second-order valence-corrected chi connectivity index (χ2v) is 6.41. The van der Waals surface area contributed by atoms with Crippen molar-refractivity contribution in [2.24, 2.45) is 0 Å². The molecule has 0 aliphatic heterocycles. The summed E-state index contributed by atoms with van der Waals surface area (Å²) < 4.78 is 22.5. The lowest BCUT2D eigenvalue weighted by molar-refractivity contribution is -0.117. The highest BCUT2D eigenvalue weighted by Gasteiger charge is 2.23. The highest BCUT2D eigenvalue weighted by Crippen LogP contribution is 2.11. The van der Waals surface area contributed by atoms with E-state index < -0.39 is 15.1 Å². The summed E-state index contributed by atoms with van der Waals surface area (Å²) in [6.07, 6.45) is 1.27. The Balaban J connectivity index is 2.84. The van der Waals surface area contributed by atoms with E-state index >= 15 is 0 Å². The average Bonchev–Trinajstić information content (AvgIpc) is 2.19. The smallest absolute Gasteiger partial charge is 0.157 e. The number of hydrogen-bond donors (Lipinski definition) is 0. The van der Waals surface area contributed by atoms with Crippen molar-refractivity contribution in [2.75, 3.05) is 6.26 Å². The fourth-order valence-corrected chi connectivity index (χ4v) is 1.94. The Bertz CT molecular complexity index is 489. The molecule has 16 heavy (non-hydrogen) atoms. The van der Waals surface area contributed by atoms with Crippen LogP contribution in [0.4, 0.5) is 0 Å². The summed E-state index contributed by atoms with van der Waals surface area (Å²) in [5.41, 5.74) is 1.90. The molecule has 0 aliphatic rings. The van der Waals surface area contributed by atoms with Crippen molar-refractivity contribution < 1.29 is 13.2 Å². The minimum atomic E-state index is -3.28. The maximum absolute atomic E-state index is 11.7. The molecule has 0 saturated heterocycles. The minimum Gasteiger partial charge on any atom is -0.298 e. The van der Waals surface area contributed by atoms with Crippen molar-refractivity contribution in [3.8, 4) is 0 Å². The van der Waals surface area contributed by atoms with E-state index in [9.17, 15) is 13.2 Å². The lowest BCUT2D eigenvalue weighted by Crippen LogP contribution is -2.27. The van der Waals surface area contributed by atoms with Crippen molar-refractivity contribution in [3.05, 3.63) is 35.4 Å². The van der Waals surface area contributed by atoms with Gasteiger partial charge in [-0.3, -0.25) is 4.79 Å². The van der Waals surface area contributed by atoms with Crippen molar-refractivity contribution >= 4 is 15.6 Å². The standard InChI is InChI=1S/C12H16O3S/c1-9-6-4-5-7-11(9)8-12(13)10(2)16(3,14)15/h4-7,10H,8H2,1-3H3. The van der Waals surface area contributed by atoms with Crippen molar-refractivity contribution in [1.29, 1.82) is 0 Å². The van der Waals surface area contributed by atoms with Crippen molar-refractivity contribution in [1.82, 2.24) is 0 Å². The van der Waals surface area contributed by atoms with E-state index in [2.05, 4.69) is 0 Å². The van der Waals surface area contributed by atoms with E-state index in [0.29, 0.717) is 0 Å². The molecule has 0 spiro atoms. The summed E-state index contributed by atoms with van der Waals surface area (Å²) in [6, 6.07) is 7.50. The first-order valence-corrected chi connectivity index (χ1v) is 7.04. The summed E-state index contributed by atoms with van der Waals surface area (Å²) in [5.74, 6) is -0.253. The Morgan fingerprint density at radius 2 is 1.88 bits per heavy atom. The summed E-state index contributed by atoms with van der Waals surface area (Å²) >= 11 is 0. The van der Waals surface area contributed by atoms with Crippen LogP contribution in [0.5, 0.6) is 0 Å². The number of Topliss-reactive ketones (excluding diaryl/α,β-unsaturated/α-hetero) is 1. The number of benzene rings is 1. The molecule has 1 aromatic carbocycles. The molecular formula is C12H16O3S. The Hall–Kier alpha value is -1.16. The number of rotatable bonds is 4. The van der Waals surface area contributed by atoms with Gasteiger partial charge >= 0.3 is 0 Å². The molecule has 1 unspecified atom stereocenters. The van der Waals surface area contributed by atoms with Gasteiger partial charge in [-0.2, -0.15) is 0 Å². The van der Waals surface area contributed by atoms with E-state index in [1.807, 2.05) is 31.2 Å². The molecule has 88 valence electrons. The molecule has 3 nitrogen and oxygen atoms in total. The Morgan fingerprint density at radius 1 is 1.31 bits per heavy atom. The summed E-state index contributed by atoms with van der Waals surface area (Å²) in [6.45, 7) is 3.35. The minimum absolute atomic E-state index is 0.181. The maximum Gasteiger partial charge on any atom is 0.157 e. The van der Waals surface area contributed by atoms with Gasteiger partial charge in [0.2, 0.25) is 0 Å². The van der Waals surface area contributed by atoms with Gasteiger partial charge in [0.15, 0.2) is 15.6 Å². The van der Waals surface area contributed by atoms with E-state index in [1.165, 1.54) is 6.92 Å². The van der Waals surface area contributed by atoms with Crippen LogP contribution < -0.4 is 0 Å². The molecule has 0 saturated carbocycles. The van der Waals surface area contributed by atoms with E-state index in [0.717, 1.165) is 17.4 Å². The van der Waals surface area contributed by atoms with Gasteiger partial charge in [0, 0.05) is 12.7 Å². The van der Waals surface area contributed by atoms with Crippen LogP contribution >= 0.6 is 0 Å². The molecule has 0 radical (unpaired) electrons. The van der Waals surface area contributed by atoms with Crippen LogP contribution in [0, 0.1) is 6.92 Å². The predicted octanol–water partition coefficient (Wildman–Crippen LogP) is 1.54. The molecule has 4 heteroatoms. The van der Waals surface area contributed by atoms with E-state index in [-0.39, 0.29) is 12.2 Å². The summed E-state index contributed by atoms with van der Waals surface area (Å²) in [7, 11) is -3.28. The number of sulfone groups is 1. The second-order valence-electron chi connectivity index (χ2n) is 4.04. The zero-order valence-corrected chi connectivity index (χ0v) is 10.5. The van der Waals surface area contributed by atoms with Gasteiger partial charge in [0.25, 0.3) is 0 Å². The molecular weight excluding hydrogens is 224 g/mol. The third kappa shape index (κ3) is 3.17. The topological polar surface area (TPSA) is 51.2 Å². The van der Waals surface area contributed by atoms with Gasteiger partial charge in [-0.15, -0.1) is 0 Å². The molecule has 0 heterocycles. The number of hydrogen-bond acceptors (Lipinski definition) is 3. The van der Waals surface area contributed by atoms with Crippen LogP contribution in [-0.4, -0.2) is 25.7 Å². The lowest BCUT2D eigenvalue weighted by atomic mass is 10.0. The van der Waals surface area contributed by atoms with Crippen LogP contribution in [0.2, 0.25) is 0 Å². The molecule has 0 amide bonds. The first-order chi connectivity index (χ1) is 7.32. The Labute approximate surface area is 96.4 Å². The highest BCUT2D eigenvalue weighted by atomic mass is 32.2. The average molecular weight is 240 g/mol. The van der Waals surface area contributed by atoms with Crippen molar-refractivity contribution in [2.45, 2.75) is 25.5 Å². The molecule has 0 bridgehead atoms. The third-order valence-electron chi connectivity index (χ3n) is 2.72. The molecule has 1 aromatic rings. The monoisotopic (exact) mass is 240 g/mol. The molecule has 0 aliphatic carbocycles. The number of carbonyl (C=O) groups excluding carboxylic acids is 1. The molecule has 0 aromatic heterocycles. The SMILES string of the molecule is Cc1ccccc1CC(=O)C(C)S(C)(=O)=O. The quantitative estimate of drug-likeness (QED) is 0.802. The molecule has 0 fully saturated rings. The molecule has 1 atom stereocenters. The van der Waals surface area contributed by atoms with Crippen LogP contribution in [0.15, 0.2) is 24.3 Å². The number of ketones is 1. The fourth-order valence-electron chi connectivity index (χ4n) is 1.38. The molecule has 0 N–H and O–H groups in total. The third-order valence-corrected chi connectivity index (χ3v) is 4.27. The zero-order valence-electron chi connectivity index (χ0n) is 9.73. The second kappa shape index (κ2) is 4.78. The maximum atomic E-state index is 11.7. The Morgan fingerprint density at radius 3 is 2.38 bits per heavy atom. The predicted molar refractivity (Wildman–Crippen MR) is 64.2 cm³/mol. The van der Waals surface area contributed by atoms with Gasteiger partial charge in [-0.05, 0) is 25.0 Å². The van der Waals surface area contributed by atoms with Gasteiger partial charge in [0.1, 0.15) is 5.25 Å². The Kier molecular flexibility index (Phi) is 3.86. The normalized spacial score (nSPS) is 13.4.